The van der Waals surface area contributed by atoms with Crippen molar-refractivity contribution in [2.24, 2.45) is 10.6 Å². The number of carbonyl (C=O) groups excluding carboxylic acids is 1. The van der Waals surface area contributed by atoms with Crippen LogP contribution in [0.2, 0.25) is 5.02 Å². The number of oxime groups is 1. The second-order valence-electron chi connectivity index (χ2n) is 7.73. The van der Waals surface area contributed by atoms with Crippen molar-refractivity contribution in [3.8, 4) is 11.8 Å². The van der Waals surface area contributed by atoms with E-state index in [4.69, 9.17) is 16.4 Å². The summed E-state index contributed by atoms with van der Waals surface area (Å²) in [6.45, 7) is 7.22. The topological polar surface area (TPSA) is 76.5 Å². The van der Waals surface area contributed by atoms with E-state index in [1.54, 1.807) is 6.07 Å². The van der Waals surface area contributed by atoms with E-state index in [-0.39, 0.29) is 38.3 Å². The Hall–Kier alpha value is -2.64. The van der Waals surface area contributed by atoms with E-state index in [1.807, 2.05) is 20.8 Å². The Morgan fingerprint density at radius 2 is 2.03 bits per heavy atom. The summed E-state index contributed by atoms with van der Waals surface area (Å²) in [6.07, 6.45) is -3.58. The summed E-state index contributed by atoms with van der Waals surface area (Å²) in [5, 5.41) is 6.84. The molecular weight excluding hydrogens is 465 g/mol. The van der Waals surface area contributed by atoms with Crippen LogP contribution in [0.3, 0.4) is 0 Å². The largest absolute Gasteiger partial charge is 0.434 e. The molecule has 11 heteroatoms. The maximum Gasteiger partial charge on any atom is 0.434 e. The van der Waals surface area contributed by atoms with Crippen LogP contribution in [0.5, 0.6) is 0 Å². The van der Waals surface area contributed by atoms with Crippen molar-refractivity contribution in [1.29, 1.82) is 0 Å². The van der Waals surface area contributed by atoms with Gasteiger partial charge in [-0.25, -0.2) is 4.98 Å². The van der Waals surface area contributed by atoms with Gasteiger partial charge in [0.15, 0.2) is 5.69 Å². The molecule has 0 saturated heterocycles. The standard InChI is InChI=1S/C21H22ClF3N4O2S/c1-12-28-19(21(23,24)25)16(32-12)9-17(30)26-11-15(29-31-5)18-14(22)8-13(10-27-18)6-7-20(2,3)4/h8,10H,9,11H2,1-5H3,(H,26,30)/b29-15+. The molecule has 172 valence electrons. The van der Waals surface area contributed by atoms with Crippen LogP contribution in [0.15, 0.2) is 17.4 Å². The predicted molar refractivity (Wildman–Crippen MR) is 118 cm³/mol. The first-order chi connectivity index (χ1) is 14.8. The molecule has 6 nitrogen and oxygen atoms in total. The molecule has 2 aromatic heterocycles. The minimum atomic E-state index is -4.63. The number of hydrogen-bond donors (Lipinski definition) is 1. The first-order valence-corrected chi connectivity index (χ1v) is 10.6. The fourth-order valence-electron chi connectivity index (χ4n) is 2.45. The SMILES string of the molecule is CO/N=C(\CNC(=O)Cc1sc(C)nc1C(F)(F)F)c1ncc(C#CC(C)(C)C)cc1Cl. The molecule has 0 aromatic carbocycles. The van der Waals surface area contributed by atoms with E-state index in [1.165, 1.54) is 20.2 Å². The van der Waals surface area contributed by atoms with Crippen molar-refractivity contribution in [2.75, 3.05) is 13.7 Å². The van der Waals surface area contributed by atoms with E-state index in [0.717, 1.165) is 11.3 Å². The predicted octanol–water partition coefficient (Wildman–Crippen LogP) is 4.63. The van der Waals surface area contributed by atoms with E-state index in [2.05, 4.69) is 32.3 Å². The molecule has 2 aromatic rings. The highest BCUT2D eigenvalue weighted by Crippen LogP contribution is 2.34. The minimum Gasteiger partial charge on any atom is -0.399 e. The Kier molecular flexibility index (Phi) is 8.26. The smallest absolute Gasteiger partial charge is 0.399 e. The number of hydrogen-bond acceptors (Lipinski definition) is 6. The summed E-state index contributed by atoms with van der Waals surface area (Å²) < 4.78 is 39.3. The third-order valence-corrected chi connectivity index (χ3v) is 5.00. The second kappa shape index (κ2) is 10.3. The lowest BCUT2D eigenvalue weighted by Gasteiger charge is -2.10. The summed E-state index contributed by atoms with van der Waals surface area (Å²) in [6, 6.07) is 1.62. The molecule has 0 unspecified atom stereocenters. The third kappa shape index (κ3) is 7.50. The molecule has 0 atom stereocenters. The van der Waals surface area contributed by atoms with Crippen molar-refractivity contribution in [3.63, 3.8) is 0 Å². The zero-order valence-corrected chi connectivity index (χ0v) is 19.7. The normalized spacial score (nSPS) is 12.2. The second-order valence-corrected chi connectivity index (χ2v) is 9.43. The Labute approximate surface area is 193 Å². The molecule has 2 rings (SSSR count). The molecule has 2 heterocycles. The van der Waals surface area contributed by atoms with Gasteiger partial charge in [-0.05, 0) is 33.8 Å². The number of aryl methyl sites for hydroxylation is 1. The fourth-order valence-corrected chi connectivity index (χ4v) is 3.68. The highest BCUT2D eigenvalue weighted by molar-refractivity contribution is 7.11. The molecule has 0 aliphatic carbocycles. The van der Waals surface area contributed by atoms with E-state index < -0.39 is 24.2 Å². The molecule has 1 amide bonds. The van der Waals surface area contributed by atoms with Gasteiger partial charge < -0.3 is 10.2 Å². The maximum absolute atomic E-state index is 13.1. The van der Waals surface area contributed by atoms with E-state index in [9.17, 15) is 18.0 Å². The Morgan fingerprint density at radius 1 is 1.34 bits per heavy atom. The van der Waals surface area contributed by atoms with Gasteiger partial charge in [0.25, 0.3) is 0 Å². The molecule has 0 bridgehead atoms. The lowest BCUT2D eigenvalue weighted by Crippen LogP contribution is -2.32. The van der Waals surface area contributed by atoms with Crippen molar-refractivity contribution in [2.45, 2.75) is 40.3 Å². The summed E-state index contributed by atoms with van der Waals surface area (Å²) in [7, 11) is 1.31. The summed E-state index contributed by atoms with van der Waals surface area (Å²) in [5.41, 5.74) is -0.162. The number of carbonyl (C=O) groups is 1. The van der Waals surface area contributed by atoms with Crippen LogP contribution >= 0.6 is 22.9 Å². The average molecular weight is 487 g/mol. The van der Waals surface area contributed by atoms with Crippen LogP contribution in [0.1, 0.15) is 47.6 Å². The molecule has 0 aliphatic heterocycles. The summed E-state index contributed by atoms with van der Waals surface area (Å²) in [5.74, 6) is 5.43. The number of pyridine rings is 1. The molecule has 0 spiro atoms. The molecule has 1 N–H and O–H groups in total. The van der Waals surface area contributed by atoms with Crippen LogP contribution < -0.4 is 5.32 Å². The third-order valence-electron chi connectivity index (χ3n) is 3.74. The number of amides is 1. The summed E-state index contributed by atoms with van der Waals surface area (Å²) >= 11 is 7.15. The first-order valence-electron chi connectivity index (χ1n) is 9.39. The van der Waals surface area contributed by atoms with Crippen molar-refractivity contribution in [3.05, 3.63) is 44.1 Å². The van der Waals surface area contributed by atoms with Gasteiger partial charge in [0, 0.05) is 22.1 Å². The molecule has 0 aliphatic rings. The van der Waals surface area contributed by atoms with Gasteiger partial charge in [-0.2, -0.15) is 13.2 Å². The van der Waals surface area contributed by atoms with Crippen molar-refractivity contribution < 1.29 is 22.8 Å². The maximum atomic E-state index is 13.1. The van der Waals surface area contributed by atoms with Gasteiger partial charge in [0.2, 0.25) is 5.91 Å². The molecule has 0 saturated carbocycles. The Morgan fingerprint density at radius 3 is 2.59 bits per heavy atom. The van der Waals surface area contributed by atoms with Crippen LogP contribution in [0.4, 0.5) is 13.2 Å². The number of alkyl halides is 3. The van der Waals surface area contributed by atoms with Crippen molar-refractivity contribution >= 4 is 34.6 Å². The van der Waals surface area contributed by atoms with Gasteiger partial charge in [0.1, 0.15) is 18.5 Å². The average Bonchev–Trinajstić information content (AvgIpc) is 3.04. The quantitative estimate of drug-likeness (QED) is 0.367. The van der Waals surface area contributed by atoms with E-state index in [0.29, 0.717) is 5.56 Å². The fraction of sp³-hybridized carbons (Fsp3) is 0.429. The van der Waals surface area contributed by atoms with E-state index >= 15 is 0 Å². The Balaban J connectivity index is 2.14. The number of halogens is 4. The molecule has 0 fully saturated rings. The highest BCUT2D eigenvalue weighted by Gasteiger charge is 2.37. The van der Waals surface area contributed by atoms with Crippen LogP contribution in [-0.4, -0.2) is 35.2 Å². The monoisotopic (exact) mass is 486 g/mol. The zero-order valence-electron chi connectivity index (χ0n) is 18.1. The Bertz CT molecular complexity index is 1080. The van der Waals surface area contributed by atoms with Gasteiger partial charge >= 0.3 is 6.18 Å². The number of nitrogens with zero attached hydrogens (tertiary/aromatic N) is 3. The lowest BCUT2D eigenvalue weighted by atomic mass is 9.97. The van der Waals surface area contributed by atoms with Crippen molar-refractivity contribution in [1.82, 2.24) is 15.3 Å². The lowest BCUT2D eigenvalue weighted by molar-refractivity contribution is -0.141. The molecular formula is C21H22ClF3N4O2S. The highest BCUT2D eigenvalue weighted by atomic mass is 35.5. The van der Waals surface area contributed by atoms with Gasteiger partial charge in [-0.1, -0.05) is 28.6 Å². The minimum absolute atomic E-state index is 0.147. The number of nitrogens with one attached hydrogen (secondary N) is 1. The van der Waals surface area contributed by atoms with Gasteiger partial charge in [-0.3, -0.25) is 9.78 Å². The van der Waals surface area contributed by atoms with Crippen LogP contribution in [0, 0.1) is 24.2 Å². The van der Waals surface area contributed by atoms with Gasteiger partial charge in [0.05, 0.1) is 23.0 Å². The van der Waals surface area contributed by atoms with Crippen LogP contribution in [0.25, 0.3) is 0 Å². The number of thiazole rings is 1. The zero-order chi connectivity index (χ0) is 24.1. The number of rotatable bonds is 6. The first kappa shape index (κ1) is 25.6. The molecule has 0 radical (unpaired) electrons. The van der Waals surface area contributed by atoms with Gasteiger partial charge in [-0.15, -0.1) is 11.3 Å². The summed E-state index contributed by atoms with van der Waals surface area (Å²) in [4.78, 5) is 24.7. The molecule has 32 heavy (non-hydrogen) atoms. The van der Waals surface area contributed by atoms with Crippen LogP contribution in [-0.2, 0) is 22.2 Å². The number of aromatic nitrogens is 2.